The quantitative estimate of drug-likeness (QED) is 0.896. The molecular weight excluding hydrogens is 324 g/mol. The van der Waals surface area contributed by atoms with Crippen LogP contribution < -0.4 is 5.32 Å². The van der Waals surface area contributed by atoms with E-state index in [0.29, 0.717) is 13.0 Å². The van der Waals surface area contributed by atoms with Gasteiger partial charge in [-0.2, -0.15) is 0 Å². The normalized spacial score (nSPS) is 18.3. The van der Waals surface area contributed by atoms with Gasteiger partial charge in [-0.3, -0.25) is 9.59 Å². The first-order valence-electron chi connectivity index (χ1n) is 8.05. The van der Waals surface area contributed by atoms with E-state index in [1.54, 1.807) is 11.3 Å². The molecule has 126 valence electrons. The molecule has 0 aliphatic carbocycles. The van der Waals surface area contributed by atoms with Crippen molar-refractivity contribution in [2.24, 2.45) is 0 Å². The van der Waals surface area contributed by atoms with Crippen LogP contribution in [0.2, 0.25) is 0 Å². The number of rotatable bonds is 4. The summed E-state index contributed by atoms with van der Waals surface area (Å²) >= 11 is 1.61. The number of hydrogen-bond donors (Lipinski definition) is 2. The Morgan fingerprint density at radius 2 is 2.08 bits per heavy atom. The maximum absolute atomic E-state index is 12.4. The van der Waals surface area contributed by atoms with E-state index in [0.717, 1.165) is 29.0 Å². The van der Waals surface area contributed by atoms with Gasteiger partial charge in [-0.05, 0) is 36.8 Å². The average molecular weight is 344 g/mol. The van der Waals surface area contributed by atoms with Gasteiger partial charge in [0, 0.05) is 22.7 Å². The predicted molar refractivity (Wildman–Crippen MR) is 94.8 cm³/mol. The van der Waals surface area contributed by atoms with Crippen molar-refractivity contribution in [3.63, 3.8) is 0 Å². The van der Waals surface area contributed by atoms with E-state index in [1.165, 1.54) is 4.90 Å². The molecule has 0 radical (unpaired) electrons. The van der Waals surface area contributed by atoms with Crippen LogP contribution in [0.5, 0.6) is 0 Å². The van der Waals surface area contributed by atoms with Gasteiger partial charge >= 0.3 is 0 Å². The topological polar surface area (TPSA) is 69.6 Å². The highest BCUT2D eigenvalue weighted by molar-refractivity contribution is 7.13. The standard InChI is InChI=1S/C18H20N2O3S/c21-15-8-3-4-10-20(18(15)23)12-17(22)19-14-7-2-1-6-13(14)16-9-5-11-24-16/h1-2,5-7,9,11,15,21H,3-4,8,10,12H2,(H,19,22). The Morgan fingerprint density at radius 3 is 2.88 bits per heavy atom. The molecule has 1 aliphatic rings. The van der Waals surface area contributed by atoms with Crippen molar-refractivity contribution in [3.8, 4) is 10.4 Å². The zero-order valence-corrected chi connectivity index (χ0v) is 14.1. The number of thiophene rings is 1. The molecule has 0 bridgehead atoms. The maximum Gasteiger partial charge on any atom is 0.251 e. The van der Waals surface area contributed by atoms with Crippen LogP contribution in [0.3, 0.4) is 0 Å². The number of amides is 2. The summed E-state index contributed by atoms with van der Waals surface area (Å²) in [7, 11) is 0. The molecule has 5 nitrogen and oxygen atoms in total. The van der Waals surface area contributed by atoms with Crippen LogP contribution in [-0.4, -0.2) is 41.0 Å². The molecule has 1 aromatic carbocycles. The second kappa shape index (κ2) is 7.59. The van der Waals surface area contributed by atoms with E-state index < -0.39 is 6.10 Å². The van der Waals surface area contributed by atoms with E-state index >= 15 is 0 Å². The summed E-state index contributed by atoms with van der Waals surface area (Å²) in [4.78, 5) is 27.0. The molecule has 1 fully saturated rings. The molecule has 3 rings (SSSR count). The number of nitrogens with zero attached hydrogens (tertiary/aromatic N) is 1. The third-order valence-electron chi connectivity index (χ3n) is 4.07. The fourth-order valence-electron chi connectivity index (χ4n) is 2.84. The first kappa shape index (κ1) is 16.7. The van der Waals surface area contributed by atoms with Crippen LogP contribution in [0.4, 0.5) is 5.69 Å². The van der Waals surface area contributed by atoms with Crippen molar-refractivity contribution in [1.29, 1.82) is 0 Å². The fourth-order valence-corrected chi connectivity index (χ4v) is 3.61. The van der Waals surface area contributed by atoms with Gasteiger partial charge in [0.05, 0.1) is 6.54 Å². The number of benzene rings is 1. The largest absolute Gasteiger partial charge is 0.383 e. The SMILES string of the molecule is O=C(CN1CCCCC(O)C1=O)Nc1ccccc1-c1cccs1. The Kier molecular flexibility index (Phi) is 5.27. The van der Waals surface area contributed by atoms with Crippen molar-refractivity contribution in [2.75, 3.05) is 18.4 Å². The van der Waals surface area contributed by atoms with Gasteiger partial charge in [0.25, 0.3) is 5.91 Å². The van der Waals surface area contributed by atoms with Crippen LogP contribution in [-0.2, 0) is 9.59 Å². The van der Waals surface area contributed by atoms with E-state index in [1.807, 2.05) is 41.8 Å². The van der Waals surface area contributed by atoms with E-state index in [9.17, 15) is 14.7 Å². The number of carbonyl (C=O) groups excluding carboxylic acids is 2. The van der Waals surface area contributed by atoms with Crippen LogP contribution >= 0.6 is 11.3 Å². The second-order valence-corrected chi connectivity index (χ2v) is 6.79. The first-order valence-corrected chi connectivity index (χ1v) is 8.93. The number of anilines is 1. The van der Waals surface area contributed by atoms with Crippen LogP contribution in [0.15, 0.2) is 41.8 Å². The molecule has 24 heavy (non-hydrogen) atoms. The molecule has 2 aromatic rings. The van der Waals surface area contributed by atoms with Gasteiger partial charge in [-0.1, -0.05) is 24.3 Å². The summed E-state index contributed by atoms with van der Waals surface area (Å²) in [6.45, 7) is 0.477. The molecule has 2 heterocycles. The highest BCUT2D eigenvalue weighted by Crippen LogP contribution is 2.31. The van der Waals surface area contributed by atoms with Crippen molar-refractivity contribution >= 4 is 28.8 Å². The smallest absolute Gasteiger partial charge is 0.251 e. The molecule has 1 aromatic heterocycles. The number of nitrogens with one attached hydrogen (secondary N) is 1. The lowest BCUT2D eigenvalue weighted by Gasteiger charge is -2.22. The Balaban J connectivity index is 1.70. The molecule has 0 spiro atoms. The molecule has 2 amide bonds. The molecular formula is C18H20N2O3S. The predicted octanol–water partition coefficient (Wildman–Crippen LogP) is 2.73. The van der Waals surface area contributed by atoms with Crippen LogP contribution in [0.1, 0.15) is 19.3 Å². The second-order valence-electron chi connectivity index (χ2n) is 5.84. The summed E-state index contributed by atoms with van der Waals surface area (Å²) in [6.07, 6.45) is 1.09. The Hall–Kier alpha value is -2.18. The average Bonchev–Trinajstić information content (AvgIpc) is 3.06. The fraction of sp³-hybridized carbons (Fsp3) is 0.333. The number of para-hydroxylation sites is 1. The molecule has 6 heteroatoms. The number of carbonyl (C=O) groups is 2. The molecule has 0 saturated carbocycles. The first-order chi connectivity index (χ1) is 11.6. The molecule has 1 unspecified atom stereocenters. The van der Waals surface area contributed by atoms with Crippen LogP contribution in [0.25, 0.3) is 10.4 Å². The van der Waals surface area contributed by atoms with E-state index in [4.69, 9.17) is 0 Å². The van der Waals surface area contributed by atoms with Gasteiger partial charge in [0.15, 0.2) is 0 Å². The summed E-state index contributed by atoms with van der Waals surface area (Å²) < 4.78 is 0. The van der Waals surface area contributed by atoms with E-state index in [2.05, 4.69) is 5.32 Å². The molecule has 1 aliphatic heterocycles. The zero-order chi connectivity index (χ0) is 16.9. The summed E-state index contributed by atoms with van der Waals surface area (Å²) in [6, 6.07) is 11.6. The highest BCUT2D eigenvalue weighted by atomic mass is 32.1. The number of aliphatic hydroxyl groups excluding tert-OH is 1. The van der Waals surface area contributed by atoms with Crippen molar-refractivity contribution in [1.82, 2.24) is 4.90 Å². The van der Waals surface area contributed by atoms with Gasteiger partial charge in [0.1, 0.15) is 6.10 Å². The van der Waals surface area contributed by atoms with E-state index in [-0.39, 0.29) is 18.4 Å². The number of likely N-dealkylation sites (tertiary alicyclic amines) is 1. The highest BCUT2D eigenvalue weighted by Gasteiger charge is 2.26. The minimum atomic E-state index is -0.987. The minimum Gasteiger partial charge on any atom is -0.383 e. The van der Waals surface area contributed by atoms with Gasteiger partial charge in [-0.15, -0.1) is 11.3 Å². The van der Waals surface area contributed by atoms with Crippen molar-refractivity contribution < 1.29 is 14.7 Å². The van der Waals surface area contributed by atoms with Crippen LogP contribution in [0, 0.1) is 0 Å². The van der Waals surface area contributed by atoms with Gasteiger partial charge < -0.3 is 15.3 Å². The Labute approximate surface area is 144 Å². The minimum absolute atomic E-state index is 0.0331. The third-order valence-corrected chi connectivity index (χ3v) is 4.98. The Bertz CT molecular complexity index is 715. The van der Waals surface area contributed by atoms with Gasteiger partial charge in [-0.25, -0.2) is 0 Å². The third kappa shape index (κ3) is 3.83. The molecule has 1 saturated heterocycles. The molecule has 1 atom stereocenters. The van der Waals surface area contributed by atoms with Gasteiger partial charge in [0.2, 0.25) is 5.91 Å². The maximum atomic E-state index is 12.4. The lowest BCUT2D eigenvalue weighted by Crippen LogP contribution is -2.42. The number of aliphatic hydroxyl groups is 1. The summed E-state index contributed by atoms with van der Waals surface area (Å²) in [5, 5.41) is 14.7. The number of hydrogen-bond acceptors (Lipinski definition) is 4. The van der Waals surface area contributed by atoms with Crippen molar-refractivity contribution in [3.05, 3.63) is 41.8 Å². The molecule has 2 N–H and O–H groups in total. The monoisotopic (exact) mass is 344 g/mol. The zero-order valence-electron chi connectivity index (χ0n) is 13.3. The summed E-state index contributed by atoms with van der Waals surface area (Å²) in [5.74, 6) is -0.601. The lowest BCUT2D eigenvalue weighted by molar-refractivity contribution is -0.141. The lowest BCUT2D eigenvalue weighted by atomic mass is 10.1. The Morgan fingerprint density at radius 1 is 1.25 bits per heavy atom. The van der Waals surface area contributed by atoms with Crippen molar-refractivity contribution in [2.45, 2.75) is 25.4 Å². The summed E-state index contributed by atoms with van der Waals surface area (Å²) in [5.41, 5.74) is 1.69.